The molecular weight excluding hydrogens is 447 g/mol. The molecule has 3 heterocycles. The molecule has 2 aromatic carbocycles. The van der Waals surface area contributed by atoms with Crippen molar-refractivity contribution in [3.63, 3.8) is 0 Å². The summed E-state index contributed by atoms with van der Waals surface area (Å²) >= 11 is -1.25. The third kappa shape index (κ3) is 2.50. The molecule has 2 aromatic rings. The standard InChI is InChI=1S/C20H17N2O2S.In/c21-17(15-8-2-1-3-9-15)12-6-11-14-7-4-5-10-16(14)13-18-19(23)22-20(24)25-18;/h1-5,8-11,13,17-18H,12,21H2,(H,22,23,24);. The predicted molar refractivity (Wildman–Crippen MR) is 105 cm³/mol. The number of hydrogen-bond donors (Lipinski definition) is 2. The fourth-order valence-corrected chi connectivity index (χ4v) is 19.1. The summed E-state index contributed by atoms with van der Waals surface area (Å²) in [6.45, 7) is 0. The summed E-state index contributed by atoms with van der Waals surface area (Å²) in [4.78, 5) is 24.1. The van der Waals surface area contributed by atoms with Crippen LogP contribution in [0, 0.1) is 0 Å². The number of nitrogens with one attached hydrogen (secondary N) is 1. The maximum absolute atomic E-state index is 12.4. The van der Waals surface area contributed by atoms with Crippen molar-refractivity contribution in [3.8, 4) is 0 Å². The molecule has 5 rings (SSSR count). The maximum atomic E-state index is 12.4. The second-order valence-corrected chi connectivity index (χ2v) is 16.9. The van der Waals surface area contributed by atoms with Gasteiger partial charge in [0.25, 0.3) is 0 Å². The summed E-state index contributed by atoms with van der Waals surface area (Å²) in [5.41, 5.74) is 10.2. The molecule has 0 aliphatic carbocycles. The molecule has 0 aromatic heterocycles. The Morgan fingerprint density at radius 3 is 2.62 bits per heavy atom. The topological polar surface area (TPSA) is 72.2 Å². The number of nitrogens with two attached hydrogens (primary N) is 1. The SMILES string of the molecule is NC(C[C]1=Cc2c3ccc[c]2[In]1[CH]3C1SC(=O)NC1=O)c1ccccc1. The number of carbonyl (C=O) groups is 2. The van der Waals surface area contributed by atoms with E-state index in [-0.39, 0.29) is 26.1 Å². The van der Waals surface area contributed by atoms with Crippen LogP contribution < -0.4 is 14.4 Å². The van der Waals surface area contributed by atoms with Crippen LogP contribution in [-0.2, 0) is 4.79 Å². The van der Waals surface area contributed by atoms with E-state index in [0.717, 1.165) is 12.0 Å². The van der Waals surface area contributed by atoms with Crippen molar-refractivity contribution >= 4 is 53.7 Å². The minimum atomic E-state index is -2.43. The van der Waals surface area contributed by atoms with E-state index < -0.39 is 21.4 Å². The first kappa shape index (κ1) is 16.7. The van der Waals surface area contributed by atoms with Gasteiger partial charge >= 0.3 is 164 Å². The van der Waals surface area contributed by atoms with Gasteiger partial charge in [0, 0.05) is 0 Å². The summed E-state index contributed by atoms with van der Waals surface area (Å²) in [5.74, 6) is -0.117. The van der Waals surface area contributed by atoms with Crippen LogP contribution in [0.2, 0.25) is 0 Å². The van der Waals surface area contributed by atoms with Gasteiger partial charge in [-0.3, -0.25) is 0 Å². The zero-order valence-corrected chi connectivity index (χ0v) is 18.1. The number of hydrogen-bond acceptors (Lipinski definition) is 4. The Balaban J connectivity index is 1.47. The normalized spacial score (nSPS) is 24.0. The van der Waals surface area contributed by atoms with Crippen molar-refractivity contribution in [1.82, 2.24) is 5.32 Å². The Bertz CT molecular complexity index is 960. The fourth-order valence-electron chi connectivity index (χ4n) is 4.61. The van der Waals surface area contributed by atoms with E-state index >= 15 is 0 Å². The second-order valence-electron chi connectivity index (χ2n) is 7.11. The number of thioether (sulfide) groups is 1. The number of carbonyl (C=O) groups excluding carboxylic acids is 2. The van der Waals surface area contributed by atoms with Gasteiger partial charge in [-0.05, 0) is 0 Å². The molecule has 3 unspecified atom stereocenters. The van der Waals surface area contributed by atoms with Gasteiger partial charge in [-0.2, -0.15) is 0 Å². The van der Waals surface area contributed by atoms with Crippen molar-refractivity contribution < 1.29 is 9.59 Å². The van der Waals surface area contributed by atoms with E-state index in [9.17, 15) is 9.59 Å². The number of benzene rings is 2. The van der Waals surface area contributed by atoms with Crippen LogP contribution in [0.3, 0.4) is 0 Å². The zero-order chi connectivity index (χ0) is 17.8. The Labute approximate surface area is 163 Å². The van der Waals surface area contributed by atoms with E-state index in [4.69, 9.17) is 5.73 Å². The van der Waals surface area contributed by atoms with Crippen molar-refractivity contribution in [2.45, 2.75) is 21.4 Å². The van der Waals surface area contributed by atoms with Crippen molar-refractivity contribution in [2.75, 3.05) is 0 Å². The average molecular weight is 464 g/mol. The molecule has 26 heavy (non-hydrogen) atoms. The molecule has 0 saturated carbocycles. The van der Waals surface area contributed by atoms with Crippen LogP contribution >= 0.6 is 11.8 Å². The van der Waals surface area contributed by atoms with Crippen LogP contribution in [-0.4, -0.2) is 37.8 Å². The van der Waals surface area contributed by atoms with Crippen molar-refractivity contribution in [1.29, 1.82) is 0 Å². The van der Waals surface area contributed by atoms with Crippen LogP contribution in [0.4, 0.5) is 4.79 Å². The molecule has 1 fully saturated rings. The third-order valence-corrected chi connectivity index (χ3v) is 18.5. The van der Waals surface area contributed by atoms with Gasteiger partial charge < -0.3 is 0 Å². The molecule has 0 radical (unpaired) electrons. The first-order chi connectivity index (χ1) is 12.6. The Kier molecular flexibility index (Phi) is 4.03. The van der Waals surface area contributed by atoms with E-state index in [1.807, 2.05) is 18.2 Å². The van der Waals surface area contributed by atoms with E-state index in [2.05, 4.69) is 41.7 Å². The number of amides is 2. The predicted octanol–water partition coefficient (Wildman–Crippen LogP) is 2.40. The van der Waals surface area contributed by atoms with Crippen LogP contribution in [0.1, 0.15) is 32.8 Å². The fraction of sp³-hybridized carbons (Fsp3) is 0.200. The summed E-state index contributed by atoms with van der Waals surface area (Å²) < 4.78 is 3.20. The van der Waals surface area contributed by atoms with Gasteiger partial charge in [-0.25, -0.2) is 0 Å². The van der Waals surface area contributed by atoms with E-state index in [0.29, 0.717) is 0 Å². The first-order valence-corrected chi connectivity index (χ1v) is 14.9. The molecule has 128 valence electrons. The molecule has 0 spiro atoms. The van der Waals surface area contributed by atoms with Gasteiger partial charge in [-0.15, -0.1) is 0 Å². The molecule has 1 saturated heterocycles. The molecule has 6 heteroatoms. The van der Waals surface area contributed by atoms with Gasteiger partial charge in [-0.1, -0.05) is 0 Å². The summed E-state index contributed by atoms with van der Waals surface area (Å²) in [6, 6.07) is 16.6. The summed E-state index contributed by atoms with van der Waals surface area (Å²) in [7, 11) is 0. The number of imide groups is 1. The van der Waals surface area contributed by atoms with Gasteiger partial charge in [0.15, 0.2) is 0 Å². The van der Waals surface area contributed by atoms with Gasteiger partial charge in [0.2, 0.25) is 0 Å². The monoisotopic (exact) mass is 464 g/mol. The summed E-state index contributed by atoms with van der Waals surface area (Å²) in [5, 5.41) is 2.00. The summed E-state index contributed by atoms with van der Waals surface area (Å²) in [6.07, 6.45) is 3.19. The molecule has 3 N–H and O–H groups in total. The first-order valence-electron chi connectivity index (χ1n) is 8.79. The Morgan fingerprint density at radius 2 is 1.92 bits per heavy atom. The van der Waals surface area contributed by atoms with E-state index in [1.54, 1.807) is 0 Å². The van der Waals surface area contributed by atoms with Crippen LogP contribution in [0.5, 0.6) is 0 Å². The number of rotatable bonds is 4. The molecular formula is C20H17InN2O2S. The third-order valence-electron chi connectivity index (χ3n) is 5.68. The quantitative estimate of drug-likeness (QED) is 0.730. The molecule has 4 nitrogen and oxygen atoms in total. The molecule has 2 amide bonds. The molecule has 3 aliphatic rings. The van der Waals surface area contributed by atoms with Crippen molar-refractivity contribution in [2.24, 2.45) is 5.73 Å². The van der Waals surface area contributed by atoms with Gasteiger partial charge in [0.05, 0.1) is 0 Å². The van der Waals surface area contributed by atoms with Crippen LogP contribution in [0.15, 0.2) is 51.9 Å². The molecule has 4 bridgehead atoms. The average Bonchev–Trinajstić information content (AvgIpc) is 3.21. The Hall–Kier alpha value is -1.50. The second kappa shape index (κ2) is 6.29. The minimum absolute atomic E-state index is 0.0233. The van der Waals surface area contributed by atoms with E-state index in [1.165, 1.54) is 29.5 Å². The zero-order valence-electron chi connectivity index (χ0n) is 14.0. The van der Waals surface area contributed by atoms with Crippen LogP contribution in [0.25, 0.3) is 6.08 Å². The Morgan fingerprint density at radius 1 is 1.12 bits per heavy atom. The van der Waals surface area contributed by atoms with Crippen molar-refractivity contribution in [3.05, 3.63) is 68.6 Å². The molecule has 3 atom stereocenters. The molecule has 3 aliphatic heterocycles. The van der Waals surface area contributed by atoms with Gasteiger partial charge in [0.1, 0.15) is 0 Å².